The molecule has 3 heteroatoms. The van der Waals surface area contributed by atoms with E-state index >= 15 is 0 Å². The molecule has 0 aliphatic rings. The predicted octanol–water partition coefficient (Wildman–Crippen LogP) is 3.02. The highest BCUT2D eigenvalue weighted by atomic mass is 35.5. The predicted molar refractivity (Wildman–Crippen MR) is 51.0 cm³/mol. The maximum absolute atomic E-state index is 5.75. The van der Waals surface area contributed by atoms with E-state index in [0.29, 0.717) is 0 Å². The van der Waals surface area contributed by atoms with Crippen molar-refractivity contribution < 1.29 is 0 Å². The summed E-state index contributed by atoms with van der Waals surface area (Å²) in [6.07, 6.45) is 3.89. The van der Waals surface area contributed by atoms with Gasteiger partial charge in [-0.05, 0) is 25.3 Å². The first-order valence-corrected chi connectivity index (χ1v) is 4.61. The molecule has 0 saturated heterocycles. The molecule has 11 heavy (non-hydrogen) atoms. The Kier molecular flexibility index (Phi) is 3.46. The second kappa shape index (κ2) is 4.42. The molecule has 1 aromatic heterocycles. The molecule has 1 heterocycles. The van der Waals surface area contributed by atoms with Gasteiger partial charge in [-0.2, -0.15) is 0 Å². The van der Waals surface area contributed by atoms with E-state index in [4.69, 9.17) is 11.6 Å². The molecule has 0 unspecified atom stereocenters. The lowest BCUT2D eigenvalue weighted by Gasteiger charge is -1.94. The summed E-state index contributed by atoms with van der Waals surface area (Å²) in [5.74, 6) is 0. The Balaban J connectivity index is 2.38. The quantitative estimate of drug-likeness (QED) is 0.767. The van der Waals surface area contributed by atoms with Crippen LogP contribution < -0.4 is 5.32 Å². The number of thiophene rings is 1. The SMILES string of the molecule is C/C=C/NCc1ccc(Cl)s1. The van der Waals surface area contributed by atoms with Gasteiger partial charge in [-0.1, -0.05) is 17.7 Å². The molecule has 1 nitrogen and oxygen atoms in total. The molecule has 0 atom stereocenters. The minimum absolute atomic E-state index is 0.849. The highest BCUT2D eigenvalue weighted by Crippen LogP contribution is 2.20. The van der Waals surface area contributed by atoms with E-state index in [2.05, 4.69) is 5.32 Å². The molecule has 0 bridgehead atoms. The van der Waals surface area contributed by atoms with Gasteiger partial charge in [-0.3, -0.25) is 0 Å². The minimum atomic E-state index is 0.849. The standard InChI is InChI=1S/C8H10ClNS/c1-2-5-10-6-7-3-4-8(9)11-7/h2-5,10H,6H2,1H3/b5-2+. The van der Waals surface area contributed by atoms with E-state index in [1.165, 1.54) is 4.88 Å². The van der Waals surface area contributed by atoms with Crippen LogP contribution in [0, 0.1) is 0 Å². The Morgan fingerprint density at radius 2 is 2.45 bits per heavy atom. The van der Waals surface area contributed by atoms with Gasteiger partial charge < -0.3 is 5.32 Å². The number of hydrogen-bond donors (Lipinski definition) is 1. The largest absolute Gasteiger partial charge is 0.386 e. The van der Waals surface area contributed by atoms with Crippen molar-refractivity contribution in [2.45, 2.75) is 13.5 Å². The average Bonchev–Trinajstić information content (AvgIpc) is 2.37. The molecule has 0 fully saturated rings. The molecule has 0 aliphatic carbocycles. The molecule has 0 amide bonds. The van der Waals surface area contributed by atoms with Crippen LogP contribution in [0.4, 0.5) is 0 Å². The van der Waals surface area contributed by atoms with Crippen LogP contribution in [0.25, 0.3) is 0 Å². The maximum Gasteiger partial charge on any atom is 0.0931 e. The van der Waals surface area contributed by atoms with Gasteiger partial charge in [0.05, 0.1) is 4.34 Å². The zero-order valence-electron chi connectivity index (χ0n) is 6.30. The third-order valence-corrected chi connectivity index (χ3v) is 2.42. The first-order chi connectivity index (χ1) is 5.33. The fourth-order valence-corrected chi connectivity index (χ4v) is 1.76. The van der Waals surface area contributed by atoms with Crippen molar-refractivity contribution in [1.29, 1.82) is 0 Å². The van der Waals surface area contributed by atoms with Crippen LogP contribution in [-0.2, 0) is 6.54 Å². The number of rotatable bonds is 3. The first-order valence-electron chi connectivity index (χ1n) is 3.41. The summed E-state index contributed by atoms with van der Waals surface area (Å²) in [6.45, 7) is 2.84. The lowest BCUT2D eigenvalue weighted by Crippen LogP contribution is -2.01. The Morgan fingerprint density at radius 1 is 1.64 bits per heavy atom. The van der Waals surface area contributed by atoms with Crippen molar-refractivity contribution >= 4 is 22.9 Å². The molecule has 0 radical (unpaired) electrons. The van der Waals surface area contributed by atoms with E-state index in [1.54, 1.807) is 11.3 Å². The molecule has 60 valence electrons. The third-order valence-electron chi connectivity index (χ3n) is 1.19. The van der Waals surface area contributed by atoms with E-state index in [1.807, 2.05) is 31.3 Å². The van der Waals surface area contributed by atoms with Crippen molar-refractivity contribution in [2.24, 2.45) is 0 Å². The summed E-state index contributed by atoms with van der Waals surface area (Å²) in [4.78, 5) is 1.26. The van der Waals surface area contributed by atoms with Gasteiger partial charge in [0.15, 0.2) is 0 Å². The summed E-state index contributed by atoms with van der Waals surface area (Å²) in [6, 6.07) is 3.95. The second-order valence-corrected chi connectivity index (χ2v) is 3.89. The highest BCUT2D eigenvalue weighted by Gasteiger charge is 1.94. The molecule has 0 spiro atoms. The van der Waals surface area contributed by atoms with Gasteiger partial charge in [-0.25, -0.2) is 0 Å². The topological polar surface area (TPSA) is 12.0 Å². The molecule has 0 aromatic carbocycles. The molecule has 1 rings (SSSR count). The first kappa shape index (κ1) is 8.62. The molecular weight excluding hydrogens is 178 g/mol. The number of allylic oxidation sites excluding steroid dienone is 1. The highest BCUT2D eigenvalue weighted by molar-refractivity contribution is 7.16. The van der Waals surface area contributed by atoms with Crippen LogP contribution in [0.15, 0.2) is 24.4 Å². The Bertz CT molecular complexity index is 242. The Morgan fingerprint density at radius 3 is 3.00 bits per heavy atom. The third kappa shape index (κ3) is 2.95. The minimum Gasteiger partial charge on any atom is -0.386 e. The number of nitrogens with one attached hydrogen (secondary N) is 1. The summed E-state index contributed by atoms with van der Waals surface area (Å²) < 4.78 is 0.849. The molecule has 0 saturated carbocycles. The van der Waals surface area contributed by atoms with Crippen LogP contribution >= 0.6 is 22.9 Å². The van der Waals surface area contributed by atoms with Crippen molar-refractivity contribution in [1.82, 2.24) is 5.32 Å². The van der Waals surface area contributed by atoms with Crippen molar-refractivity contribution in [3.63, 3.8) is 0 Å². The summed E-state index contributed by atoms with van der Waals surface area (Å²) in [7, 11) is 0. The zero-order chi connectivity index (χ0) is 8.10. The van der Waals surface area contributed by atoms with Crippen LogP contribution in [-0.4, -0.2) is 0 Å². The summed E-state index contributed by atoms with van der Waals surface area (Å²) >= 11 is 7.35. The van der Waals surface area contributed by atoms with Crippen molar-refractivity contribution in [3.05, 3.63) is 33.6 Å². The van der Waals surface area contributed by atoms with Gasteiger partial charge in [0, 0.05) is 11.4 Å². The monoisotopic (exact) mass is 187 g/mol. The van der Waals surface area contributed by atoms with Crippen molar-refractivity contribution in [3.8, 4) is 0 Å². The Labute approximate surface area is 75.7 Å². The number of halogens is 1. The van der Waals surface area contributed by atoms with E-state index in [0.717, 1.165) is 10.9 Å². The maximum atomic E-state index is 5.75. The molecular formula is C8H10ClNS. The van der Waals surface area contributed by atoms with Gasteiger partial charge in [0.2, 0.25) is 0 Å². The lowest BCUT2D eigenvalue weighted by molar-refractivity contribution is 0.885. The fraction of sp³-hybridized carbons (Fsp3) is 0.250. The Hall–Kier alpha value is -0.470. The molecule has 1 aromatic rings. The molecule has 1 N–H and O–H groups in total. The zero-order valence-corrected chi connectivity index (χ0v) is 7.88. The normalized spacial score (nSPS) is 10.7. The lowest BCUT2D eigenvalue weighted by atomic mass is 10.5. The van der Waals surface area contributed by atoms with Gasteiger partial charge in [0.1, 0.15) is 0 Å². The van der Waals surface area contributed by atoms with Crippen LogP contribution in [0.2, 0.25) is 4.34 Å². The van der Waals surface area contributed by atoms with Crippen LogP contribution in [0.5, 0.6) is 0 Å². The van der Waals surface area contributed by atoms with E-state index in [-0.39, 0.29) is 0 Å². The smallest absolute Gasteiger partial charge is 0.0931 e. The van der Waals surface area contributed by atoms with Gasteiger partial charge >= 0.3 is 0 Å². The summed E-state index contributed by atoms with van der Waals surface area (Å²) in [5.41, 5.74) is 0. The fourth-order valence-electron chi connectivity index (χ4n) is 0.724. The van der Waals surface area contributed by atoms with Gasteiger partial charge in [0.25, 0.3) is 0 Å². The van der Waals surface area contributed by atoms with E-state index < -0.39 is 0 Å². The van der Waals surface area contributed by atoms with Crippen LogP contribution in [0.1, 0.15) is 11.8 Å². The van der Waals surface area contributed by atoms with Crippen LogP contribution in [0.3, 0.4) is 0 Å². The van der Waals surface area contributed by atoms with E-state index in [9.17, 15) is 0 Å². The van der Waals surface area contributed by atoms with Crippen molar-refractivity contribution in [2.75, 3.05) is 0 Å². The number of hydrogen-bond acceptors (Lipinski definition) is 2. The summed E-state index contributed by atoms with van der Waals surface area (Å²) in [5, 5.41) is 3.14. The average molecular weight is 188 g/mol. The second-order valence-electron chi connectivity index (χ2n) is 2.09. The molecule has 0 aliphatic heterocycles. The van der Waals surface area contributed by atoms with Gasteiger partial charge in [-0.15, -0.1) is 11.3 Å².